The van der Waals surface area contributed by atoms with Crippen LogP contribution >= 0.6 is 12.2 Å². The van der Waals surface area contributed by atoms with E-state index in [9.17, 15) is 4.79 Å². The zero-order valence-corrected chi connectivity index (χ0v) is 14.8. The third kappa shape index (κ3) is 4.24. The number of nitrogens with zero attached hydrogens (tertiary/aromatic N) is 2. The van der Waals surface area contributed by atoms with Crippen molar-refractivity contribution in [1.29, 1.82) is 0 Å². The van der Waals surface area contributed by atoms with Crippen molar-refractivity contribution in [3.05, 3.63) is 53.1 Å². The van der Waals surface area contributed by atoms with Crippen LogP contribution in [-0.2, 0) is 17.8 Å². The van der Waals surface area contributed by atoms with Gasteiger partial charge in [0.2, 0.25) is 0 Å². The Labute approximate surface area is 150 Å². The molecular formula is C18H20N4O2S. The average Bonchev–Trinajstić information content (AvgIpc) is 2.99. The Kier molecular flexibility index (Phi) is 5.45. The Morgan fingerprint density at radius 3 is 2.88 bits per heavy atom. The number of aromatic nitrogens is 3. The highest BCUT2D eigenvalue weighted by atomic mass is 32.1. The molecule has 0 aliphatic heterocycles. The fraction of sp³-hybridized carbons (Fsp3) is 0.278. The molecule has 0 spiro atoms. The van der Waals surface area contributed by atoms with Crippen LogP contribution in [0.2, 0.25) is 0 Å². The van der Waals surface area contributed by atoms with E-state index in [1.165, 1.54) is 0 Å². The van der Waals surface area contributed by atoms with Crippen LogP contribution in [0.1, 0.15) is 12.7 Å². The van der Waals surface area contributed by atoms with Crippen molar-refractivity contribution in [2.24, 2.45) is 0 Å². The molecule has 0 bridgehead atoms. The van der Waals surface area contributed by atoms with Crippen LogP contribution in [0.4, 0.5) is 0 Å². The topological polar surface area (TPSA) is 71.9 Å². The number of carbonyl (C=O) groups excluding carboxylic acids is 1. The Bertz CT molecular complexity index is 932. The predicted molar refractivity (Wildman–Crippen MR) is 99.2 cm³/mol. The number of hydrogen-bond acceptors (Lipinski definition) is 4. The van der Waals surface area contributed by atoms with E-state index in [1.54, 1.807) is 0 Å². The van der Waals surface area contributed by atoms with Gasteiger partial charge in [0.1, 0.15) is 11.6 Å². The van der Waals surface area contributed by atoms with E-state index in [-0.39, 0.29) is 12.5 Å². The fourth-order valence-corrected chi connectivity index (χ4v) is 2.92. The quantitative estimate of drug-likeness (QED) is 0.639. The van der Waals surface area contributed by atoms with Crippen molar-refractivity contribution >= 4 is 28.9 Å². The number of carbonyl (C=O) groups is 1. The average molecular weight is 356 g/mol. The lowest BCUT2D eigenvalue weighted by atomic mass is 10.1. The summed E-state index contributed by atoms with van der Waals surface area (Å²) in [6, 6.07) is 13.8. The first-order valence-corrected chi connectivity index (χ1v) is 8.60. The SMILES string of the molecule is CCn1c(CCNC(=O)COc2ccc3ccccc3c2)n[nH]c1=S. The van der Waals surface area contributed by atoms with E-state index >= 15 is 0 Å². The van der Waals surface area contributed by atoms with Crippen LogP contribution in [0.15, 0.2) is 42.5 Å². The summed E-state index contributed by atoms with van der Waals surface area (Å²) in [6.45, 7) is 3.23. The molecule has 1 heterocycles. The van der Waals surface area contributed by atoms with Crippen molar-refractivity contribution in [2.75, 3.05) is 13.2 Å². The number of fused-ring (bicyclic) bond motifs is 1. The van der Waals surface area contributed by atoms with Gasteiger partial charge in [-0.3, -0.25) is 9.89 Å². The zero-order valence-electron chi connectivity index (χ0n) is 14.0. The number of benzene rings is 2. The molecule has 6 nitrogen and oxygen atoms in total. The lowest BCUT2D eigenvalue weighted by Crippen LogP contribution is -2.31. The van der Waals surface area contributed by atoms with E-state index in [0.29, 0.717) is 23.5 Å². The Hall–Kier alpha value is -2.67. The highest BCUT2D eigenvalue weighted by Gasteiger charge is 2.07. The van der Waals surface area contributed by atoms with Crippen LogP contribution in [0.25, 0.3) is 10.8 Å². The van der Waals surface area contributed by atoms with E-state index in [0.717, 1.165) is 23.1 Å². The lowest BCUT2D eigenvalue weighted by Gasteiger charge is -2.08. The highest BCUT2D eigenvalue weighted by molar-refractivity contribution is 7.71. The molecule has 0 saturated carbocycles. The van der Waals surface area contributed by atoms with Gasteiger partial charge in [0.25, 0.3) is 5.91 Å². The molecule has 0 aliphatic rings. The van der Waals surface area contributed by atoms with E-state index < -0.39 is 0 Å². The van der Waals surface area contributed by atoms with Crippen molar-refractivity contribution in [3.8, 4) is 5.75 Å². The molecule has 3 rings (SSSR count). The number of amides is 1. The molecule has 2 N–H and O–H groups in total. The minimum absolute atomic E-state index is 0.0149. The second kappa shape index (κ2) is 7.94. The zero-order chi connectivity index (χ0) is 17.6. The third-order valence-electron chi connectivity index (χ3n) is 3.92. The van der Waals surface area contributed by atoms with Gasteiger partial charge < -0.3 is 14.6 Å². The number of ether oxygens (including phenoxy) is 1. The van der Waals surface area contributed by atoms with Gasteiger partial charge in [0.15, 0.2) is 11.4 Å². The number of rotatable bonds is 7. The standard InChI is InChI=1S/C18H20N4O2S/c1-2-22-16(20-21-18(22)25)9-10-19-17(23)12-24-15-8-7-13-5-3-4-6-14(13)11-15/h3-8,11H,2,9-10,12H2,1H3,(H,19,23)(H,21,25). The summed E-state index contributed by atoms with van der Waals surface area (Å²) in [5.41, 5.74) is 0. The fourth-order valence-electron chi connectivity index (χ4n) is 2.64. The van der Waals surface area contributed by atoms with Crippen LogP contribution in [0.5, 0.6) is 5.75 Å². The Morgan fingerprint density at radius 2 is 2.08 bits per heavy atom. The highest BCUT2D eigenvalue weighted by Crippen LogP contribution is 2.20. The van der Waals surface area contributed by atoms with Crippen molar-refractivity contribution < 1.29 is 9.53 Å². The largest absolute Gasteiger partial charge is 0.484 e. The van der Waals surface area contributed by atoms with Gasteiger partial charge in [-0.2, -0.15) is 5.10 Å². The normalized spacial score (nSPS) is 10.8. The van der Waals surface area contributed by atoms with Gasteiger partial charge in [0.05, 0.1) is 0 Å². The molecule has 2 aromatic carbocycles. The second-order valence-corrected chi connectivity index (χ2v) is 5.97. The first kappa shape index (κ1) is 17.2. The molecule has 0 radical (unpaired) electrons. The minimum atomic E-state index is -0.162. The number of H-pyrrole nitrogens is 1. The molecule has 0 saturated heterocycles. The summed E-state index contributed by atoms with van der Waals surface area (Å²) in [7, 11) is 0. The summed E-state index contributed by atoms with van der Waals surface area (Å²) in [4.78, 5) is 11.9. The molecule has 7 heteroatoms. The molecule has 130 valence electrons. The second-order valence-electron chi connectivity index (χ2n) is 5.59. The van der Waals surface area contributed by atoms with Gasteiger partial charge in [-0.15, -0.1) is 0 Å². The molecule has 0 aliphatic carbocycles. The summed E-state index contributed by atoms with van der Waals surface area (Å²) in [5, 5.41) is 12.0. The Morgan fingerprint density at radius 1 is 1.28 bits per heavy atom. The molecule has 1 aromatic heterocycles. The van der Waals surface area contributed by atoms with Crippen molar-refractivity contribution in [1.82, 2.24) is 20.1 Å². The molecule has 25 heavy (non-hydrogen) atoms. The molecule has 3 aromatic rings. The van der Waals surface area contributed by atoms with Crippen LogP contribution in [0, 0.1) is 4.77 Å². The summed E-state index contributed by atoms with van der Waals surface area (Å²) in [6.07, 6.45) is 0.614. The van der Waals surface area contributed by atoms with Crippen molar-refractivity contribution in [3.63, 3.8) is 0 Å². The number of nitrogens with one attached hydrogen (secondary N) is 2. The summed E-state index contributed by atoms with van der Waals surface area (Å²) < 4.78 is 8.08. The minimum Gasteiger partial charge on any atom is -0.484 e. The van der Waals surface area contributed by atoms with E-state index in [2.05, 4.69) is 15.5 Å². The summed E-state index contributed by atoms with van der Waals surface area (Å²) in [5.74, 6) is 1.36. The van der Waals surface area contributed by atoms with Gasteiger partial charge in [0, 0.05) is 19.5 Å². The van der Waals surface area contributed by atoms with Crippen LogP contribution in [-0.4, -0.2) is 33.8 Å². The van der Waals surface area contributed by atoms with Gasteiger partial charge in [-0.25, -0.2) is 0 Å². The maximum atomic E-state index is 11.9. The maximum Gasteiger partial charge on any atom is 0.257 e. The van der Waals surface area contributed by atoms with Crippen LogP contribution in [0.3, 0.4) is 0 Å². The smallest absolute Gasteiger partial charge is 0.257 e. The molecule has 1 amide bonds. The molecule has 0 atom stereocenters. The first-order valence-electron chi connectivity index (χ1n) is 8.19. The third-order valence-corrected chi connectivity index (χ3v) is 4.23. The number of hydrogen-bond donors (Lipinski definition) is 2. The van der Waals surface area contributed by atoms with Gasteiger partial charge in [-0.1, -0.05) is 30.3 Å². The van der Waals surface area contributed by atoms with Crippen molar-refractivity contribution in [2.45, 2.75) is 19.9 Å². The monoisotopic (exact) mass is 356 g/mol. The molecule has 0 fully saturated rings. The van der Waals surface area contributed by atoms with Gasteiger partial charge in [-0.05, 0) is 42.0 Å². The van der Waals surface area contributed by atoms with Crippen LogP contribution < -0.4 is 10.1 Å². The predicted octanol–water partition coefficient (Wildman–Crippen LogP) is 2.85. The van der Waals surface area contributed by atoms with Gasteiger partial charge >= 0.3 is 0 Å². The summed E-state index contributed by atoms with van der Waals surface area (Å²) >= 11 is 5.14. The Balaban J connectivity index is 1.48. The lowest BCUT2D eigenvalue weighted by molar-refractivity contribution is -0.123. The molecule has 0 unspecified atom stereocenters. The first-order chi connectivity index (χ1) is 12.2. The maximum absolute atomic E-state index is 11.9. The number of aromatic amines is 1. The van der Waals surface area contributed by atoms with E-state index in [4.69, 9.17) is 17.0 Å². The van der Waals surface area contributed by atoms with E-state index in [1.807, 2.05) is 54.0 Å². The molecular weight excluding hydrogens is 336 g/mol.